The van der Waals surface area contributed by atoms with Crippen LogP contribution in [-0.4, -0.2) is 21.7 Å². The predicted octanol–water partition coefficient (Wildman–Crippen LogP) is 3.09. The first-order chi connectivity index (χ1) is 10.3. The van der Waals surface area contributed by atoms with Crippen molar-refractivity contribution in [2.24, 2.45) is 0 Å². The van der Waals surface area contributed by atoms with Gasteiger partial charge in [-0.05, 0) is 36.8 Å². The number of aromatic nitrogens is 3. The highest BCUT2D eigenvalue weighted by Gasteiger charge is 2.09. The van der Waals surface area contributed by atoms with Gasteiger partial charge in [0.05, 0.1) is 0 Å². The van der Waals surface area contributed by atoms with Gasteiger partial charge in [-0.2, -0.15) is 4.98 Å². The molecule has 0 aliphatic carbocycles. The van der Waals surface area contributed by atoms with Crippen LogP contribution in [0.2, 0.25) is 0 Å². The Morgan fingerprint density at radius 3 is 2.81 bits per heavy atom. The van der Waals surface area contributed by atoms with E-state index in [1.165, 1.54) is 0 Å². The standard InChI is InChI=1S/C16H16N4O/c1-12-7-9-18-14(11-12)16-19-15(21-20-16)8-10-17-13-5-3-2-4-6-13/h2-7,9,11,17H,8,10H2,1H3. The van der Waals surface area contributed by atoms with Crippen molar-refractivity contribution in [3.63, 3.8) is 0 Å². The van der Waals surface area contributed by atoms with Gasteiger partial charge in [-0.15, -0.1) is 0 Å². The number of para-hydroxylation sites is 1. The summed E-state index contributed by atoms with van der Waals surface area (Å²) < 4.78 is 5.26. The molecule has 0 radical (unpaired) electrons. The minimum Gasteiger partial charge on any atom is -0.385 e. The van der Waals surface area contributed by atoms with Crippen molar-refractivity contribution >= 4 is 5.69 Å². The highest BCUT2D eigenvalue weighted by Crippen LogP contribution is 2.14. The maximum atomic E-state index is 5.26. The van der Waals surface area contributed by atoms with Crippen LogP contribution in [0, 0.1) is 6.92 Å². The van der Waals surface area contributed by atoms with Gasteiger partial charge in [0.1, 0.15) is 5.69 Å². The minimum atomic E-state index is 0.536. The quantitative estimate of drug-likeness (QED) is 0.778. The molecule has 5 heteroatoms. The van der Waals surface area contributed by atoms with Crippen molar-refractivity contribution in [1.29, 1.82) is 0 Å². The molecule has 21 heavy (non-hydrogen) atoms. The Morgan fingerprint density at radius 1 is 1.14 bits per heavy atom. The molecule has 3 rings (SSSR count). The molecule has 0 bridgehead atoms. The highest BCUT2D eigenvalue weighted by atomic mass is 16.5. The average molecular weight is 280 g/mol. The average Bonchev–Trinajstić information content (AvgIpc) is 2.97. The molecule has 0 amide bonds. The molecule has 0 aliphatic heterocycles. The van der Waals surface area contributed by atoms with Crippen LogP contribution in [0.5, 0.6) is 0 Å². The lowest BCUT2D eigenvalue weighted by atomic mass is 10.2. The summed E-state index contributed by atoms with van der Waals surface area (Å²) in [5, 5.41) is 7.28. The minimum absolute atomic E-state index is 0.536. The Morgan fingerprint density at radius 2 is 2.00 bits per heavy atom. The van der Waals surface area contributed by atoms with Crippen molar-refractivity contribution in [1.82, 2.24) is 15.1 Å². The van der Waals surface area contributed by atoms with Crippen molar-refractivity contribution in [2.45, 2.75) is 13.3 Å². The Hall–Kier alpha value is -2.69. The van der Waals surface area contributed by atoms with E-state index in [2.05, 4.69) is 20.4 Å². The number of pyridine rings is 1. The lowest BCUT2D eigenvalue weighted by Crippen LogP contribution is -2.04. The number of nitrogens with zero attached hydrogens (tertiary/aromatic N) is 3. The Bertz CT molecular complexity index is 709. The second-order valence-corrected chi connectivity index (χ2v) is 4.77. The maximum absolute atomic E-state index is 5.26. The summed E-state index contributed by atoms with van der Waals surface area (Å²) in [5.41, 5.74) is 2.94. The monoisotopic (exact) mass is 280 g/mol. The summed E-state index contributed by atoms with van der Waals surface area (Å²) in [4.78, 5) is 8.62. The van der Waals surface area contributed by atoms with Crippen molar-refractivity contribution in [3.8, 4) is 11.5 Å². The van der Waals surface area contributed by atoms with Gasteiger partial charge in [-0.1, -0.05) is 23.4 Å². The first-order valence-electron chi connectivity index (χ1n) is 6.86. The molecule has 0 saturated heterocycles. The number of hydrogen-bond donors (Lipinski definition) is 1. The fourth-order valence-corrected chi connectivity index (χ4v) is 1.99. The fraction of sp³-hybridized carbons (Fsp3) is 0.188. The van der Waals surface area contributed by atoms with E-state index in [1.807, 2.05) is 49.4 Å². The van der Waals surface area contributed by atoms with Crippen LogP contribution in [0.3, 0.4) is 0 Å². The summed E-state index contributed by atoms with van der Waals surface area (Å²) >= 11 is 0. The first-order valence-corrected chi connectivity index (χ1v) is 6.86. The van der Waals surface area contributed by atoms with Crippen LogP contribution in [0.15, 0.2) is 53.2 Å². The number of anilines is 1. The Balaban J connectivity index is 1.60. The molecule has 1 N–H and O–H groups in total. The molecule has 106 valence electrons. The van der Waals surface area contributed by atoms with Crippen LogP contribution in [0.1, 0.15) is 11.5 Å². The molecule has 0 spiro atoms. The number of benzene rings is 1. The molecule has 0 atom stereocenters. The van der Waals surface area contributed by atoms with Gasteiger partial charge in [0.15, 0.2) is 0 Å². The van der Waals surface area contributed by atoms with Gasteiger partial charge in [0, 0.05) is 24.8 Å². The zero-order valence-corrected chi connectivity index (χ0v) is 11.8. The molecular weight excluding hydrogens is 264 g/mol. The predicted molar refractivity (Wildman–Crippen MR) is 80.9 cm³/mol. The molecule has 2 heterocycles. The van der Waals surface area contributed by atoms with E-state index in [1.54, 1.807) is 6.20 Å². The van der Waals surface area contributed by atoms with E-state index in [-0.39, 0.29) is 0 Å². The van der Waals surface area contributed by atoms with Gasteiger partial charge in [-0.3, -0.25) is 4.98 Å². The molecule has 3 aromatic rings. The topological polar surface area (TPSA) is 63.8 Å². The number of aryl methyl sites for hydroxylation is 1. The van der Waals surface area contributed by atoms with Gasteiger partial charge in [0.2, 0.25) is 11.7 Å². The lowest BCUT2D eigenvalue weighted by Gasteiger charge is -2.02. The van der Waals surface area contributed by atoms with Crippen molar-refractivity contribution in [3.05, 3.63) is 60.1 Å². The summed E-state index contributed by atoms with van der Waals surface area (Å²) in [6.07, 6.45) is 2.42. The third-order valence-corrected chi connectivity index (χ3v) is 3.05. The molecule has 0 unspecified atom stereocenters. The second kappa shape index (κ2) is 6.17. The zero-order valence-electron chi connectivity index (χ0n) is 11.8. The summed E-state index contributed by atoms with van der Waals surface area (Å²) in [6.45, 7) is 2.75. The lowest BCUT2D eigenvalue weighted by molar-refractivity contribution is 0.381. The first kappa shape index (κ1) is 13.3. The number of hydrogen-bond acceptors (Lipinski definition) is 5. The van der Waals surface area contributed by atoms with Gasteiger partial charge >= 0.3 is 0 Å². The Kier molecular flexibility index (Phi) is 3.91. The molecule has 0 fully saturated rings. The van der Waals surface area contributed by atoms with Crippen LogP contribution in [0.4, 0.5) is 5.69 Å². The molecule has 5 nitrogen and oxygen atoms in total. The Labute approximate surface area is 123 Å². The third-order valence-electron chi connectivity index (χ3n) is 3.05. The molecular formula is C16H16N4O. The summed E-state index contributed by atoms with van der Waals surface area (Å²) in [6, 6.07) is 13.9. The molecule has 2 aromatic heterocycles. The smallest absolute Gasteiger partial charge is 0.228 e. The van der Waals surface area contributed by atoms with Crippen LogP contribution >= 0.6 is 0 Å². The van der Waals surface area contributed by atoms with Crippen molar-refractivity contribution < 1.29 is 4.52 Å². The van der Waals surface area contributed by atoms with E-state index in [0.717, 1.165) is 23.5 Å². The van der Waals surface area contributed by atoms with E-state index in [9.17, 15) is 0 Å². The molecule has 1 aromatic carbocycles. The number of rotatable bonds is 5. The normalized spacial score (nSPS) is 10.5. The third kappa shape index (κ3) is 3.45. The maximum Gasteiger partial charge on any atom is 0.228 e. The zero-order chi connectivity index (χ0) is 14.5. The van der Waals surface area contributed by atoms with Crippen molar-refractivity contribution in [2.75, 3.05) is 11.9 Å². The van der Waals surface area contributed by atoms with Gasteiger partial charge < -0.3 is 9.84 Å². The number of nitrogens with one attached hydrogen (secondary N) is 1. The van der Waals surface area contributed by atoms with E-state index < -0.39 is 0 Å². The molecule has 0 saturated carbocycles. The fourth-order valence-electron chi connectivity index (χ4n) is 1.99. The van der Waals surface area contributed by atoms with E-state index in [4.69, 9.17) is 4.52 Å². The highest BCUT2D eigenvalue weighted by molar-refractivity contribution is 5.49. The second-order valence-electron chi connectivity index (χ2n) is 4.77. The summed E-state index contributed by atoms with van der Waals surface area (Å²) in [5.74, 6) is 1.14. The van der Waals surface area contributed by atoms with E-state index in [0.29, 0.717) is 18.1 Å². The van der Waals surface area contributed by atoms with Crippen LogP contribution in [0.25, 0.3) is 11.5 Å². The van der Waals surface area contributed by atoms with Crippen LogP contribution < -0.4 is 5.32 Å². The SMILES string of the molecule is Cc1ccnc(-c2noc(CCNc3ccccc3)n2)c1. The van der Waals surface area contributed by atoms with Gasteiger partial charge in [-0.25, -0.2) is 0 Å². The largest absolute Gasteiger partial charge is 0.385 e. The van der Waals surface area contributed by atoms with Crippen LogP contribution in [-0.2, 0) is 6.42 Å². The molecule has 0 aliphatic rings. The summed E-state index contributed by atoms with van der Waals surface area (Å²) in [7, 11) is 0. The van der Waals surface area contributed by atoms with Gasteiger partial charge in [0.25, 0.3) is 0 Å². The van der Waals surface area contributed by atoms with E-state index >= 15 is 0 Å².